The van der Waals surface area contributed by atoms with Crippen molar-refractivity contribution in [3.8, 4) is 0 Å². The van der Waals surface area contributed by atoms with E-state index >= 15 is 0 Å². The first-order chi connectivity index (χ1) is 5.15. The lowest BCUT2D eigenvalue weighted by Crippen LogP contribution is -1.89. The summed E-state index contributed by atoms with van der Waals surface area (Å²) in [5, 5.41) is 9.46. The van der Waals surface area contributed by atoms with Crippen LogP contribution in [0.15, 0.2) is 9.85 Å². The van der Waals surface area contributed by atoms with E-state index in [0.29, 0.717) is 0 Å². The van der Waals surface area contributed by atoms with Crippen LogP contribution in [0, 0.1) is 6.92 Å². The van der Waals surface area contributed by atoms with E-state index in [2.05, 4.69) is 15.9 Å². The number of aryl methyl sites for hydroxylation is 1. The summed E-state index contributed by atoms with van der Waals surface area (Å²) in [7, 11) is 0. The van der Waals surface area contributed by atoms with Gasteiger partial charge in [-0.15, -0.1) is 11.3 Å². The van der Waals surface area contributed by atoms with E-state index in [1.54, 1.807) is 11.3 Å². The van der Waals surface area contributed by atoms with E-state index in [9.17, 15) is 5.11 Å². The second-order valence-electron chi connectivity index (χ2n) is 2.53. The van der Waals surface area contributed by atoms with Crippen molar-refractivity contribution in [2.45, 2.75) is 26.4 Å². The normalized spacial score (nSPS) is 13.5. The highest BCUT2D eigenvalue weighted by atomic mass is 79.9. The Bertz CT molecular complexity index is 225. The molecule has 1 nitrogen and oxygen atoms in total. The van der Waals surface area contributed by atoms with Crippen molar-refractivity contribution in [2.24, 2.45) is 0 Å². The number of aliphatic hydroxyl groups is 1. The lowest BCUT2D eigenvalue weighted by molar-refractivity contribution is 0.177. The van der Waals surface area contributed by atoms with E-state index in [4.69, 9.17) is 0 Å². The van der Waals surface area contributed by atoms with E-state index in [1.807, 2.05) is 19.9 Å². The molecule has 0 saturated carbocycles. The molecule has 0 fully saturated rings. The van der Waals surface area contributed by atoms with Gasteiger partial charge in [-0.25, -0.2) is 0 Å². The Hall–Kier alpha value is 0.140. The summed E-state index contributed by atoms with van der Waals surface area (Å²) in [5.41, 5.74) is 1.21. The van der Waals surface area contributed by atoms with Gasteiger partial charge in [0.05, 0.1) is 9.89 Å². The number of hydrogen-bond donors (Lipinski definition) is 1. The fourth-order valence-electron chi connectivity index (χ4n) is 0.849. The third kappa shape index (κ3) is 2.04. The molecule has 1 rings (SSSR count). The van der Waals surface area contributed by atoms with Crippen LogP contribution in [0.5, 0.6) is 0 Å². The summed E-state index contributed by atoms with van der Waals surface area (Å²) in [6.07, 6.45) is 0.497. The molecule has 0 aromatic carbocycles. The topological polar surface area (TPSA) is 20.2 Å². The standard InChI is InChI=1S/C8H11BrOS/c1-3-6(10)7-4-5(2)8(9)11-7/h4,6,10H,3H2,1-2H3. The van der Waals surface area contributed by atoms with Crippen molar-refractivity contribution < 1.29 is 5.11 Å². The van der Waals surface area contributed by atoms with Crippen LogP contribution in [-0.4, -0.2) is 5.11 Å². The molecule has 1 N–H and O–H groups in total. The van der Waals surface area contributed by atoms with Gasteiger partial charge in [0.25, 0.3) is 0 Å². The fourth-order valence-corrected chi connectivity index (χ4v) is 2.49. The van der Waals surface area contributed by atoms with E-state index < -0.39 is 0 Å². The molecule has 0 aliphatic heterocycles. The molecule has 11 heavy (non-hydrogen) atoms. The van der Waals surface area contributed by atoms with Crippen molar-refractivity contribution in [3.05, 3.63) is 20.3 Å². The molecule has 3 heteroatoms. The molecule has 0 aliphatic rings. The lowest BCUT2D eigenvalue weighted by Gasteiger charge is -2.01. The van der Waals surface area contributed by atoms with Crippen LogP contribution in [0.25, 0.3) is 0 Å². The molecule has 0 spiro atoms. The Morgan fingerprint density at radius 1 is 1.73 bits per heavy atom. The van der Waals surface area contributed by atoms with Crippen LogP contribution in [0.3, 0.4) is 0 Å². The highest BCUT2D eigenvalue weighted by molar-refractivity contribution is 9.11. The SMILES string of the molecule is CCC(O)c1cc(C)c(Br)s1. The van der Waals surface area contributed by atoms with Gasteiger partial charge in [-0.3, -0.25) is 0 Å². The molecule has 1 heterocycles. The van der Waals surface area contributed by atoms with Gasteiger partial charge < -0.3 is 5.11 Å². The average Bonchev–Trinajstić information content (AvgIpc) is 2.31. The zero-order valence-electron chi connectivity index (χ0n) is 6.60. The zero-order valence-corrected chi connectivity index (χ0v) is 9.00. The van der Waals surface area contributed by atoms with Crippen LogP contribution in [0.2, 0.25) is 0 Å². The quantitative estimate of drug-likeness (QED) is 0.834. The molecule has 0 amide bonds. The van der Waals surface area contributed by atoms with Gasteiger partial charge in [-0.2, -0.15) is 0 Å². The molecule has 1 atom stereocenters. The predicted molar refractivity (Wildman–Crippen MR) is 52.0 cm³/mol. The van der Waals surface area contributed by atoms with Crippen LogP contribution < -0.4 is 0 Å². The Kier molecular flexibility index (Phi) is 3.10. The average molecular weight is 235 g/mol. The van der Waals surface area contributed by atoms with E-state index in [-0.39, 0.29) is 6.10 Å². The molecule has 1 aromatic heterocycles. The molecule has 1 unspecified atom stereocenters. The zero-order chi connectivity index (χ0) is 8.43. The number of aliphatic hydroxyl groups excluding tert-OH is 1. The Balaban J connectivity index is 2.88. The third-order valence-electron chi connectivity index (χ3n) is 1.59. The minimum absolute atomic E-state index is 0.287. The van der Waals surface area contributed by atoms with Gasteiger partial charge in [-0.05, 0) is 40.9 Å². The summed E-state index contributed by atoms with van der Waals surface area (Å²) in [5.74, 6) is 0. The highest BCUT2D eigenvalue weighted by Gasteiger charge is 2.09. The van der Waals surface area contributed by atoms with Crippen molar-refractivity contribution in [3.63, 3.8) is 0 Å². The highest BCUT2D eigenvalue weighted by Crippen LogP contribution is 2.32. The molecule has 0 bridgehead atoms. The summed E-state index contributed by atoms with van der Waals surface area (Å²) in [6, 6.07) is 2.03. The van der Waals surface area contributed by atoms with Crippen LogP contribution >= 0.6 is 27.3 Å². The van der Waals surface area contributed by atoms with Gasteiger partial charge in [-0.1, -0.05) is 6.92 Å². The molecule has 0 radical (unpaired) electrons. The lowest BCUT2D eigenvalue weighted by atomic mass is 10.2. The molecule has 62 valence electrons. The van der Waals surface area contributed by atoms with Crippen LogP contribution in [0.1, 0.15) is 29.9 Å². The van der Waals surface area contributed by atoms with Gasteiger partial charge >= 0.3 is 0 Å². The second kappa shape index (κ2) is 3.70. The van der Waals surface area contributed by atoms with Crippen LogP contribution in [-0.2, 0) is 0 Å². The number of rotatable bonds is 2. The Morgan fingerprint density at radius 3 is 2.73 bits per heavy atom. The summed E-state index contributed by atoms with van der Waals surface area (Å²) < 4.78 is 1.13. The van der Waals surface area contributed by atoms with Gasteiger partial charge in [0.15, 0.2) is 0 Å². The monoisotopic (exact) mass is 234 g/mol. The minimum atomic E-state index is -0.287. The first-order valence-electron chi connectivity index (χ1n) is 3.59. The Labute approximate surface area is 79.2 Å². The molecular formula is C8H11BrOS. The predicted octanol–water partition coefficient (Wildman–Crippen LogP) is 3.26. The van der Waals surface area contributed by atoms with Gasteiger partial charge in [0.1, 0.15) is 0 Å². The first kappa shape index (κ1) is 9.23. The number of halogens is 1. The minimum Gasteiger partial charge on any atom is -0.388 e. The van der Waals surface area contributed by atoms with Crippen molar-refractivity contribution in [1.82, 2.24) is 0 Å². The molecular weight excluding hydrogens is 224 g/mol. The van der Waals surface area contributed by atoms with E-state index in [1.165, 1.54) is 5.56 Å². The number of thiophene rings is 1. The third-order valence-corrected chi connectivity index (χ3v) is 3.83. The van der Waals surface area contributed by atoms with Crippen molar-refractivity contribution in [1.29, 1.82) is 0 Å². The maximum absolute atomic E-state index is 9.46. The van der Waals surface area contributed by atoms with Gasteiger partial charge in [0.2, 0.25) is 0 Å². The maximum atomic E-state index is 9.46. The van der Waals surface area contributed by atoms with Crippen molar-refractivity contribution in [2.75, 3.05) is 0 Å². The smallest absolute Gasteiger partial charge is 0.0879 e. The summed E-state index contributed by atoms with van der Waals surface area (Å²) >= 11 is 5.03. The second-order valence-corrected chi connectivity index (χ2v) is 4.93. The van der Waals surface area contributed by atoms with Crippen LogP contribution in [0.4, 0.5) is 0 Å². The summed E-state index contributed by atoms with van der Waals surface area (Å²) in [4.78, 5) is 1.05. The van der Waals surface area contributed by atoms with Crippen molar-refractivity contribution >= 4 is 27.3 Å². The largest absolute Gasteiger partial charge is 0.388 e. The molecule has 0 aliphatic carbocycles. The molecule has 0 saturated heterocycles. The maximum Gasteiger partial charge on any atom is 0.0879 e. The first-order valence-corrected chi connectivity index (χ1v) is 5.20. The van der Waals surface area contributed by atoms with Gasteiger partial charge in [0, 0.05) is 4.88 Å². The number of hydrogen-bond acceptors (Lipinski definition) is 2. The fraction of sp³-hybridized carbons (Fsp3) is 0.500. The van der Waals surface area contributed by atoms with E-state index in [0.717, 1.165) is 15.1 Å². The summed E-state index contributed by atoms with van der Waals surface area (Å²) in [6.45, 7) is 4.01. The Morgan fingerprint density at radius 2 is 2.36 bits per heavy atom. The molecule has 1 aromatic rings.